The zero-order valence-corrected chi connectivity index (χ0v) is 11.9. The first-order valence-corrected chi connectivity index (χ1v) is 6.17. The van der Waals surface area contributed by atoms with Crippen molar-refractivity contribution in [1.29, 1.82) is 0 Å². The molecule has 0 bridgehead atoms. The van der Waals surface area contributed by atoms with Gasteiger partial charge >= 0.3 is 5.69 Å². The monoisotopic (exact) mass is 303 g/mol. The van der Waals surface area contributed by atoms with E-state index in [2.05, 4.69) is 4.99 Å². The van der Waals surface area contributed by atoms with E-state index in [1.54, 1.807) is 0 Å². The Morgan fingerprint density at radius 1 is 1.18 bits per heavy atom. The smallest absolute Gasteiger partial charge is 0.332 e. The second-order valence-electron chi connectivity index (χ2n) is 4.55. The largest absolute Gasteiger partial charge is 0.391 e. The van der Waals surface area contributed by atoms with E-state index in [-0.39, 0.29) is 17.2 Å². The Bertz CT molecular complexity index is 840. The van der Waals surface area contributed by atoms with Crippen molar-refractivity contribution in [2.75, 3.05) is 5.73 Å². The van der Waals surface area contributed by atoms with Gasteiger partial charge in [0.15, 0.2) is 5.82 Å². The number of non-ortho nitro benzene ring substituents is 1. The van der Waals surface area contributed by atoms with Gasteiger partial charge in [0.2, 0.25) is 0 Å². The van der Waals surface area contributed by atoms with Crippen molar-refractivity contribution in [3.05, 3.63) is 60.8 Å². The van der Waals surface area contributed by atoms with Crippen LogP contribution >= 0.6 is 0 Å². The number of aliphatic imine (C=N–C) groups is 1. The molecule has 22 heavy (non-hydrogen) atoms. The zero-order valence-electron chi connectivity index (χ0n) is 11.9. The van der Waals surface area contributed by atoms with Crippen LogP contribution in [0.5, 0.6) is 0 Å². The van der Waals surface area contributed by atoms with E-state index >= 15 is 0 Å². The molecule has 9 heteroatoms. The van der Waals surface area contributed by atoms with Crippen molar-refractivity contribution in [2.24, 2.45) is 19.1 Å². The molecule has 2 aromatic rings. The van der Waals surface area contributed by atoms with Crippen molar-refractivity contribution < 1.29 is 4.92 Å². The number of nitrogen functional groups attached to an aromatic ring is 1. The fourth-order valence-corrected chi connectivity index (χ4v) is 1.83. The average Bonchev–Trinajstić information content (AvgIpc) is 2.51. The molecule has 9 nitrogen and oxygen atoms in total. The van der Waals surface area contributed by atoms with Gasteiger partial charge in [-0.1, -0.05) is 0 Å². The van der Waals surface area contributed by atoms with Gasteiger partial charge in [-0.3, -0.25) is 24.0 Å². The molecule has 0 atom stereocenters. The number of hydrogen-bond acceptors (Lipinski definition) is 6. The molecule has 0 unspecified atom stereocenters. The lowest BCUT2D eigenvalue weighted by atomic mass is 10.2. The van der Waals surface area contributed by atoms with Crippen LogP contribution in [-0.2, 0) is 14.1 Å². The van der Waals surface area contributed by atoms with E-state index in [1.807, 2.05) is 0 Å². The van der Waals surface area contributed by atoms with Crippen molar-refractivity contribution in [3.8, 4) is 0 Å². The summed E-state index contributed by atoms with van der Waals surface area (Å²) in [6.07, 6.45) is 1.37. The quantitative estimate of drug-likeness (QED) is 0.496. The molecule has 1 heterocycles. The number of nitro groups is 1. The van der Waals surface area contributed by atoms with Crippen LogP contribution in [0.3, 0.4) is 0 Å². The Balaban J connectivity index is 2.45. The normalized spacial score (nSPS) is 11.0. The van der Waals surface area contributed by atoms with Crippen LogP contribution in [0, 0.1) is 10.1 Å². The van der Waals surface area contributed by atoms with Crippen molar-refractivity contribution in [3.63, 3.8) is 0 Å². The van der Waals surface area contributed by atoms with Gasteiger partial charge in [0.1, 0.15) is 5.69 Å². The maximum absolute atomic E-state index is 11.8. The van der Waals surface area contributed by atoms with Crippen LogP contribution in [0.4, 0.5) is 17.2 Å². The van der Waals surface area contributed by atoms with Crippen LogP contribution < -0.4 is 17.0 Å². The minimum Gasteiger partial charge on any atom is -0.391 e. The second-order valence-corrected chi connectivity index (χ2v) is 4.55. The molecular formula is C13H13N5O4. The van der Waals surface area contributed by atoms with Gasteiger partial charge in [-0.15, -0.1) is 0 Å². The lowest BCUT2D eigenvalue weighted by Crippen LogP contribution is -2.38. The summed E-state index contributed by atoms with van der Waals surface area (Å²) in [5.74, 6) is 0.0338. The lowest BCUT2D eigenvalue weighted by molar-refractivity contribution is -0.384. The summed E-state index contributed by atoms with van der Waals surface area (Å²) in [4.78, 5) is 37.7. The van der Waals surface area contributed by atoms with Crippen LogP contribution in [0.25, 0.3) is 0 Å². The van der Waals surface area contributed by atoms with Gasteiger partial charge in [0.25, 0.3) is 11.2 Å². The molecule has 2 rings (SSSR count). The Hall–Kier alpha value is -3.23. The van der Waals surface area contributed by atoms with Gasteiger partial charge in [0, 0.05) is 32.4 Å². The Kier molecular flexibility index (Phi) is 3.89. The Morgan fingerprint density at radius 2 is 1.77 bits per heavy atom. The molecule has 0 saturated carbocycles. The predicted octanol–water partition coefficient (Wildman–Crippen LogP) is 0.325. The summed E-state index contributed by atoms with van der Waals surface area (Å²) in [6, 6.07) is 5.65. The number of rotatable bonds is 3. The molecule has 0 fully saturated rings. The zero-order chi connectivity index (χ0) is 16.4. The Morgan fingerprint density at radius 3 is 2.32 bits per heavy atom. The SMILES string of the molecule is Cn1c(/N=C/c2ccc([N+](=O)[O-])cc2)c(N)c(=O)n(C)c1=O. The van der Waals surface area contributed by atoms with E-state index in [1.165, 1.54) is 44.6 Å². The number of nitrogens with two attached hydrogens (primary N) is 1. The second kappa shape index (κ2) is 5.64. The average molecular weight is 303 g/mol. The van der Waals surface area contributed by atoms with E-state index in [9.17, 15) is 19.7 Å². The van der Waals surface area contributed by atoms with Crippen molar-refractivity contribution >= 4 is 23.4 Å². The van der Waals surface area contributed by atoms with Crippen LogP contribution in [0.15, 0.2) is 38.8 Å². The highest BCUT2D eigenvalue weighted by atomic mass is 16.6. The van der Waals surface area contributed by atoms with Gasteiger partial charge in [-0.25, -0.2) is 9.79 Å². The fourth-order valence-electron chi connectivity index (χ4n) is 1.83. The van der Waals surface area contributed by atoms with Crippen LogP contribution in [0.1, 0.15) is 5.56 Å². The molecule has 0 amide bonds. The van der Waals surface area contributed by atoms with E-state index < -0.39 is 16.2 Å². The molecule has 114 valence electrons. The van der Waals surface area contributed by atoms with Crippen LogP contribution in [0.2, 0.25) is 0 Å². The standard InChI is InChI=1S/C13H13N5O4/c1-16-11(10(14)12(19)17(2)13(16)20)15-7-8-3-5-9(6-4-8)18(21)22/h3-7H,14H2,1-2H3/b15-7+. The number of nitro benzene ring substituents is 1. The molecule has 1 aromatic heterocycles. The minimum absolute atomic E-state index is 0.0338. The van der Waals surface area contributed by atoms with Gasteiger partial charge in [-0.2, -0.15) is 0 Å². The molecule has 0 aliphatic rings. The maximum Gasteiger partial charge on any atom is 0.332 e. The van der Waals surface area contributed by atoms with Crippen molar-refractivity contribution in [2.45, 2.75) is 0 Å². The molecule has 0 radical (unpaired) electrons. The number of aromatic nitrogens is 2. The summed E-state index contributed by atoms with van der Waals surface area (Å²) in [5, 5.41) is 10.6. The highest BCUT2D eigenvalue weighted by Crippen LogP contribution is 2.15. The Labute approximate surface area is 124 Å². The highest BCUT2D eigenvalue weighted by Gasteiger charge is 2.11. The number of benzene rings is 1. The minimum atomic E-state index is -0.626. The number of hydrogen-bond donors (Lipinski definition) is 1. The molecule has 0 aliphatic carbocycles. The topological polar surface area (TPSA) is 126 Å². The van der Waals surface area contributed by atoms with Gasteiger partial charge in [0.05, 0.1) is 4.92 Å². The first-order chi connectivity index (χ1) is 10.3. The van der Waals surface area contributed by atoms with E-state index in [0.29, 0.717) is 5.56 Å². The first kappa shape index (κ1) is 15.2. The molecule has 0 saturated heterocycles. The summed E-state index contributed by atoms with van der Waals surface area (Å²) in [7, 11) is 2.77. The summed E-state index contributed by atoms with van der Waals surface area (Å²) < 4.78 is 2.04. The van der Waals surface area contributed by atoms with Gasteiger partial charge < -0.3 is 5.73 Å². The summed E-state index contributed by atoms with van der Waals surface area (Å²) in [6.45, 7) is 0. The molecule has 0 aliphatic heterocycles. The van der Waals surface area contributed by atoms with E-state index in [4.69, 9.17) is 5.73 Å². The third kappa shape index (κ3) is 2.64. The number of nitrogens with zero attached hydrogens (tertiary/aromatic N) is 4. The first-order valence-electron chi connectivity index (χ1n) is 6.17. The lowest BCUT2D eigenvalue weighted by Gasteiger charge is -2.08. The van der Waals surface area contributed by atoms with E-state index in [0.717, 1.165) is 9.13 Å². The molecule has 0 spiro atoms. The third-order valence-corrected chi connectivity index (χ3v) is 3.11. The highest BCUT2D eigenvalue weighted by molar-refractivity contribution is 5.83. The fraction of sp³-hybridized carbons (Fsp3) is 0.154. The van der Waals surface area contributed by atoms with Crippen LogP contribution in [-0.4, -0.2) is 20.3 Å². The summed E-state index contributed by atoms with van der Waals surface area (Å²) in [5.41, 5.74) is 4.89. The summed E-state index contributed by atoms with van der Waals surface area (Å²) >= 11 is 0. The predicted molar refractivity (Wildman–Crippen MR) is 81.7 cm³/mol. The maximum atomic E-state index is 11.8. The third-order valence-electron chi connectivity index (χ3n) is 3.11. The molecule has 2 N–H and O–H groups in total. The molecular weight excluding hydrogens is 290 g/mol. The van der Waals surface area contributed by atoms with Crippen molar-refractivity contribution in [1.82, 2.24) is 9.13 Å². The van der Waals surface area contributed by atoms with Gasteiger partial charge in [-0.05, 0) is 17.7 Å². The molecule has 1 aromatic carbocycles. The number of anilines is 1.